The molecule has 1 atom stereocenters. The highest BCUT2D eigenvalue weighted by molar-refractivity contribution is 6.25. The van der Waals surface area contributed by atoms with Gasteiger partial charge in [0.25, 0.3) is 5.91 Å². The van der Waals surface area contributed by atoms with Crippen LogP contribution in [0.2, 0.25) is 0 Å². The van der Waals surface area contributed by atoms with E-state index in [-0.39, 0.29) is 24.3 Å². The zero-order valence-electron chi connectivity index (χ0n) is 16.4. The Hall–Kier alpha value is -2.63. The van der Waals surface area contributed by atoms with Gasteiger partial charge in [-0.05, 0) is 35.3 Å². The summed E-state index contributed by atoms with van der Waals surface area (Å²) in [7, 11) is 1.59. The normalized spacial score (nSPS) is 17.5. The van der Waals surface area contributed by atoms with Gasteiger partial charge in [0.15, 0.2) is 0 Å². The molecule has 1 saturated heterocycles. The number of amides is 2. The van der Waals surface area contributed by atoms with E-state index >= 15 is 0 Å². The molecule has 29 heavy (non-hydrogen) atoms. The fraction of sp³-hybridized carbons (Fsp3) is 0.304. The Balaban J connectivity index is 1.70. The summed E-state index contributed by atoms with van der Waals surface area (Å²) >= 11 is 5.90. The third kappa shape index (κ3) is 5.46. The topological polar surface area (TPSA) is 58.6 Å². The van der Waals surface area contributed by atoms with Gasteiger partial charge in [0.05, 0.1) is 6.61 Å². The summed E-state index contributed by atoms with van der Waals surface area (Å²) in [6.07, 6.45) is 0.848. The van der Waals surface area contributed by atoms with Crippen LogP contribution in [-0.2, 0) is 9.53 Å². The molecule has 0 unspecified atom stereocenters. The summed E-state index contributed by atoms with van der Waals surface area (Å²) in [5.41, 5.74) is 5.23. The maximum absolute atomic E-state index is 13.1. The maximum Gasteiger partial charge on any atom is 0.254 e. The molecule has 2 aromatic carbocycles. The fourth-order valence-corrected chi connectivity index (χ4v) is 3.66. The molecule has 0 saturated carbocycles. The molecule has 0 aromatic heterocycles. The van der Waals surface area contributed by atoms with Gasteiger partial charge in [-0.15, -0.1) is 0 Å². The third-order valence-electron chi connectivity index (χ3n) is 5.02. The summed E-state index contributed by atoms with van der Waals surface area (Å²) < 4.78 is 4.95. The second-order valence-corrected chi connectivity index (χ2v) is 7.27. The molecule has 5 nitrogen and oxygen atoms in total. The van der Waals surface area contributed by atoms with E-state index in [2.05, 4.69) is 5.32 Å². The number of likely N-dealkylation sites (tertiary alicyclic amines) is 1. The minimum absolute atomic E-state index is 0.0900. The number of rotatable bonds is 7. The number of ether oxygens (including phenoxy) is 1. The number of methoxy groups -OCH3 is 1. The van der Waals surface area contributed by atoms with Crippen molar-refractivity contribution in [2.24, 2.45) is 0 Å². The highest BCUT2D eigenvalue weighted by atomic mass is 35.5. The van der Waals surface area contributed by atoms with Crippen molar-refractivity contribution >= 4 is 23.4 Å². The van der Waals surface area contributed by atoms with Crippen LogP contribution in [0.1, 0.15) is 23.2 Å². The Bertz CT molecular complexity index is 865. The van der Waals surface area contributed by atoms with Crippen LogP contribution in [0.4, 0.5) is 0 Å². The molecule has 1 fully saturated rings. The molecule has 1 aliphatic heterocycles. The van der Waals surface area contributed by atoms with Crippen LogP contribution in [0, 0.1) is 0 Å². The SMILES string of the molecule is COCCNC(=O)C[C@@H]1CC(=CCl)CN1C(=O)c1ccc(-c2ccccc2)cc1. The molecule has 0 radical (unpaired) electrons. The number of halogens is 1. The van der Waals surface area contributed by atoms with E-state index in [4.69, 9.17) is 16.3 Å². The smallest absolute Gasteiger partial charge is 0.254 e. The number of nitrogens with one attached hydrogen (secondary N) is 1. The van der Waals surface area contributed by atoms with Crippen molar-refractivity contribution in [2.45, 2.75) is 18.9 Å². The van der Waals surface area contributed by atoms with E-state index in [1.807, 2.05) is 54.6 Å². The van der Waals surface area contributed by atoms with Gasteiger partial charge in [0.2, 0.25) is 5.91 Å². The van der Waals surface area contributed by atoms with Crippen LogP contribution in [0.25, 0.3) is 11.1 Å². The molecule has 6 heteroatoms. The number of carbonyl (C=O) groups excluding carboxylic acids is 2. The Kier molecular flexibility index (Phi) is 7.44. The number of hydrogen-bond acceptors (Lipinski definition) is 3. The monoisotopic (exact) mass is 412 g/mol. The van der Waals surface area contributed by atoms with Gasteiger partial charge >= 0.3 is 0 Å². The summed E-state index contributed by atoms with van der Waals surface area (Å²) in [6, 6.07) is 17.4. The van der Waals surface area contributed by atoms with E-state index in [0.717, 1.165) is 16.7 Å². The lowest BCUT2D eigenvalue weighted by molar-refractivity contribution is -0.122. The average molecular weight is 413 g/mol. The number of nitrogens with zero attached hydrogens (tertiary/aromatic N) is 1. The van der Waals surface area contributed by atoms with Gasteiger partial charge in [-0.25, -0.2) is 0 Å². The van der Waals surface area contributed by atoms with Gasteiger partial charge in [-0.2, -0.15) is 0 Å². The Morgan fingerprint density at radius 3 is 2.48 bits per heavy atom. The molecule has 2 aromatic rings. The van der Waals surface area contributed by atoms with Crippen molar-refractivity contribution in [3.05, 3.63) is 71.3 Å². The maximum atomic E-state index is 13.1. The van der Waals surface area contributed by atoms with Gasteiger partial charge < -0.3 is 15.0 Å². The van der Waals surface area contributed by atoms with E-state index in [0.29, 0.717) is 31.7 Å². The second-order valence-electron chi connectivity index (χ2n) is 7.05. The lowest BCUT2D eigenvalue weighted by Gasteiger charge is -2.24. The minimum atomic E-state index is -0.205. The molecule has 152 valence electrons. The van der Waals surface area contributed by atoms with Crippen molar-refractivity contribution < 1.29 is 14.3 Å². The first kappa shape index (κ1) is 21.1. The third-order valence-corrected chi connectivity index (χ3v) is 5.32. The van der Waals surface area contributed by atoms with Gasteiger partial charge in [-0.1, -0.05) is 54.1 Å². The van der Waals surface area contributed by atoms with Crippen LogP contribution in [0.5, 0.6) is 0 Å². The molecular weight excluding hydrogens is 388 g/mol. The number of benzene rings is 2. The Labute approximate surface area is 176 Å². The first-order valence-corrected chi connectivity index (χ1v) is 10.1. The summed E-state index contributed by atoms with van der Waals surface area (Å²) in [5.74, 6) is -0.187. The summed E-state index contributed by atoms with van der Waals surface area (Å²) in [5, 5.41) is 2.81. The standard InChI is InChI=1S/C23H25ClN2O3/c1-29-12-11-25-22(27)14-21-13-17(15-24)16-26(21)23(28)20-9-7-19(8-10-20)18-5-3-2-4-6-18/h2-10,15,21H,11-14,16H2,1H3,(H,25,27)/t21-/m0/s1. The van der Waals surface area contributed by atoms with E-state index in [9.17, 15) is 9.59 Å². The molecule has 2 amide bonds. The summed E-state index contributed by atoms with van der Waals surface area (Å²) in [4.78, 5) is 27.1. The highest BCUT2D eigenvalue weighted by Gasteiger charge is 2.33. The quantitative estimate of drug-likeness (QED) is 0.703. The Morgan fingerprint density at radius 2 is 1.83 bits per heavy atom. The van der Waals surface area contributed by atoms with Crippen LogP contribution in [0.15, 0.2) is 65.7 Å². The average Bonchev–Trinajstić information content (AvgIpc) is 3.17. The molecule has 1 N–H and O–H groups in total. The Morgan fingerprint density at radius 1 is 1.14 bits per heavy atom. The van der Waals surface area contributed by atoms with Crippen LogP contribution in [0.3, 0.4) is 0 Å². The zero-order valence-corrected chi connectivity index (χ0v) is 17.2. The number of hydrogen-bond donors (Lipinski definition) is 1. The van der Waals surface area contributed by atoms with Gasteiger partial charge in [0, 0.05) is 43.8 Å². The molecule has 1 heterocycles. The molecule has 3 rings (SSSR count). The van der Waals surface area contributed by atoms with Crippen molar-refractivity contribution in [2.75, 3.05) is 26.8 Å². The van der Waals surface area contributed by atoms with E-state index in [1.54, 1.807) is 12.0 Å². The summed E-state index contributed by atoms with van der Waals surface area (Å²) in [6.45, 7) is 1.35. The first-order valence-electron chi connectivity index (χ1n) is 9.62. The van der Waals surface area contributed by atoms with E-state index < -0.39 is 0 Å². The van der Waals surface area contributed by atoms with Gasteiger partial charge in [0.1, 0.15) is 0 Å². The lowest BCUT2D eigenvalue weighted by Crippen LogP contribution is -2.39. The van der Waals surface area contributed by atoms with E-state index in [1.165, 1.54) is 5.54 Å². The highest BCUT2D eigenvalue weighted by Crippen LogP contribution is 2.28. The predicted molar refractivity (Wildman–Crippen MR) is 115 cm³/mol. The molecular formula is C23H25ClN2O3. The molecule has 0 aliphatic carbocycles. The van der Waals surface area contributed by atoms with Crippen LogP contribution >= 0.6 is 11.6 Å². The first-order chi connectivity index (χ1) is 14.1. The molecule has 1 aliphatic rings. The number of carbonyl (C=O) groups is 2. The van der Waals surface area contributed by atoms with Crippen molar-refractivity contribution in [1.82, 2.24) is 10.2 Å². The molecule has 0 bridgehead atoms. The van der Waals surface area contributed by atoms with Crippen LogP contribution < -0.4 is 5.32 Å². The predicted octanol–water partition coefficient (Wildman–Crippen LogP) is 3.84. The molecule has 0 spiro atoms. The van der Waals surface area contributed by atoms with Crippen LogP contribution in [-0.4, -0.2) is 49.6 Å². The second kappa shape index (κ2) is 10.2. The minimum Gasteiger partial charge on any atom is -0.383 e. The van der Waals surface area contributed by atoms with Gasteiger partial charge in [-0.3, -0.25) is 9.59 Å². The van der Waals surface area contributed by atoms with Crippen molar-refractivity contribution in [1.29, 1.82) is 0 Å². The zero-order chi connectivity index (χ0) is 20.6. The van der Waals surface area contributed by atoms with Crippen molar-refractivity contribution in [3.63, 3.8) is 0 Å². The van der Waals surface area contributed by atoms with Crippen molar-refractivity contribution in [3.8, 4) is 11.1 Å². The largest absolute Gasteiger partial charge is 0.383 e. The lowest BCUT2D eigenvalue weighted by atomic mass is 10.0. The fourth-order valence-electron chi connectivity index (χ4n) is 3.50.